The number of likely N-dealkylation sites (N-methyl/N-ethyl adjacent to an activating group) is 1. The van der Waals surface area contributed by atoms with Gasteiger partial charge in [-0.25, -0.2) is 0 Å². The summed E-state index contributed by atoms with van der Waals surface area (Å²) in [6.07, 6.45) is 3.31. The molecule has 8 amide bonds. The molecule has 1 aliphatic heterocycles. The van der Waals surface area contributed by atoms with Crippen LogP contribution >= 0.6 is 0 Å². The fourth-order valence-electron chi connectivity index (χ4n) is 6.05. The average molecular weight is 1050 g/mol. The highest BCUT2D eigenvalue weighted by atomic mass is 16.6. The van der Waals surface area contributed by atoms with Gasteiger partial charge in [0.05, 0.1) is 119 Å². The van der Waals surface area contributed by atoms with Crippen LogP contribution in [0.1, 0.15) is 52.9 Å². The van der Waals surface area contributed by atoms with Crippen molar-refractivity contribution < 1.29 is 85.7 Å². The second-order valence-corrected chi connectivity index (χ2v) is 16.3. The van der Waals surface area contributed by atoms with Crippen molar-refractivity contribution in [3.8, 4) is 0 Å². The van der Waals surface area contributed by atoms with Crippen LogP contribution in [0.15, 0.2) is 12.2 Å². The predicted molar refractivity (Wildman–Crippen MR) is 263 cm³/mol. The number of ether oxygens (including phenoxy) is 10. The van der Waals surface area contributed by atoms with Crippen molar-refractivity contribution in [3.05, 3.63) is 12.2 Å². The monoisotopic (exact) mass is 1050 g/mol. The summed E-state index contributed by atoms with van der Waals surface area (Å²) in [5, 5.41) is 18.6. The highest BCUT2D eigenvalue weighted by Crippen LogP contribution is 2.07. The van der Waals surface area contributed by atoms with Crippen LogP contribution in [0.3, 0.4) is 0 Å². The number of rotatable bonds is 49. The van der Waals surface area contributed by atoms with Crippen LogP contribution in [0.5, 0.6) is 0 Å². The van der Waals surface area contributed by atoms with Crippen molar-refractivity contribution in [1.82, 2.24) is 42.1 Å². The van der Waals surface area contributed by atoms with E-state index in [1.165, 1.54) is 20.8 Å². The van der Waals surface area contributed by atoms with Gasteiger partial charge in [0, 0.05) is 51.9 Å². The number of carbonyl (C=O) groups excluding carboxylic acids is 8. The highest BCUT2D eigenvalue weighted by Gasteiger charge is 2.28. The summed E-state index contributed by atoms with van der Waals surface area (Å²) in [4.78, 5) is 101. The lowest BCUT2D eigenvalue weighted by Gasteiger charge is -2.23. The van der Waals surface area contributed by atoms with E-state index < -0.39 is 65.5 Å². The SMILES string of the molecule is CNCCNC(=O)[C@H](C)NC(=O)[C@H](C)NC(=O)[C@H](C)NC(=O)[C@H](CCCCNC(=O)COCCOCCOCCOCCOCCOCCOCCOCCOCCOC)NC(=O)CCCN1C(=O)C=CC1=O. The highest BCUT2D eigenvalue weighted by molar-refractivity contribution is 6.12. The van der Waals surface area contributed by atoms with E-state index >= 15 is 0 Å². The number of methoxy groups -OCH3 is 1. The average Bonchev–Trinajstić information content (AvgIpc) is 3.69. The Labute approximate surface area is 429 Å². The second kappa shape index (κ2) is 44.7. The van der Waals surface area contributed by atoms with Crippen molar-refractivity contribution in [2.24, 2.45) is 0 Å². The summed E-state index contributed by atoms with van der Waals surface area (Å²) in [5.41, 5.74) is 0. The molecule has 7 N–H and O–H groups in total. The lowest BCUT2D eigenvalue weighted by Crippen LogP contribution is -2.56. The Bertz CT molecular complexity index is 1580. The first-order valence-corrected chi connectivity index (χ1v) is 24.9. The Hall–Kier alpha value is -4.74. The third kappa shape index (κ3) is 36.0. The summed E-state index contributed by atoms with van der Waals surface area (Å²) >= 11 is 0. The molecule has 0 aromatic carbocycles. The zero-order chi connectivity index (χ0) is 53.7. The van der Waals surface area contributed by atoms with Crippen molar-refractivity contribution >= 4 is 47.3 Å². The molecule has 0 unspecified atom stereocenters. The standard InChI is InChI=1S/C47H84N8O18/c1-36(44(60)50-15-14-48-4)51-45(61)37(2)52-46(62)38(3)53-47(63)39(54-40(56)10-8-16-55-42(58)11-12-43(55)59)9-6-7-13-49-41(57)35-73-34-33-72-32-31-71-30-29-70-28-27-69-26-25-68-24-23-67-22-21-66-20-19-65-18-17-64-5/h11-12,36-39,48H,6-10,13-35H2,1-5H3,(H,49,57)(H,50,60)(H,51,61)(H,52,62)(H,53,63)(H,54,56)/t36-,37-,38-,39-/m0/s1. The molecule has 1 heterocycles. The number of hydrogen-bond acceptors (Lipinski definition) is 19. The molecule has 26 nitrogen and oxygen atoms in total. The molecule has 0 aromatic rings. The summed E-state index contributed by atoms with van der Waals surface area (Å²) in [7, 11) is 3.36. The predicted octanol–water partition coefficient (Wildman–Crippen LogP) is -2.89. The summed E-state index contributed by atoms with van der Waals surface area (Å²) in [5.74, 6) is -4.18. The first kappa shape index (κ1) is 66.3. The van der Waals surface area contributed by atoms with Crippen LogP contribution in [0.2, 0.25) is 0 Å². The normalized spacial score (nSPS) is 13.8. The number of carbonyl (C=O) groups is 8. The Morgan fingerprint density at radius 1 is 0.466 bits per heavy atom. The molecule has 1 rings (SSSR count). The van der Waals surface area contributed by atoms with Crippen LogP contribution in [0, 0.1) is 0 Å². The van der Waals surface area contributed by atoms with Crippen LogP contribution in [-0.4, -0.2) is 242 Å². The third-order valence-electron chi connectivity index (χ3n) is 10.2. The minimum absolute atomic E-state index is 0.0153. The molecule has 26 heteroatoms. The zero-order valence-corrected chi connectivity index (χ0v) is 43.6. The van der Waals surface area contributed by atoms with Crippen LogP contribution in [0.4, 0.5) is 0 Å². The maximum Gasteiger partial charge on any atom is 0.253 e. The minimum atomic E-state index is -1.12. The van der Waals surface area contributed by atoms with Gasteiger partial charge in [-0.05, 0) is 53.5 Å². The Balaban J connectivity index is 2.23. The molecule has 0 bridgehead atoms. The molecule has 420 valence electrons. The Kier molecular flexibility index (Phi) is 40.6. The van der Waals surface area contributed by atoms with Crippen LogP contribution < -0.4 is 37.2 Å². The molecular formula is C47H84N8O18. The molecule has 0 saturated carbocycles. The number of unbranched alkanes of at least 4 members (excludes halogenated alkanes) is 1. The van der Waals surface area contributed by atoms with Crippen molar-refractivity contribution in [3.63, 3.8) is 0 Å². The van der Waals surface area contributed by atoms with E-state index in [1.54, 1.807) is 14.2 Å². The van der Waals surface area contributed by atoms with Gasteiger partial charge in [0.2, 0.25) is 35.4 Å². The molecule has 0 aliphatic carbocycles. The fraction of sp³-hybridized carbons (Fsp3) is 0.787. The minimum Gasteiger partial charge on any atom is -0.382 e. The van der Waals surface area contributed by atoms with E-state index in [0.717, 1.165) is 17.1 Å². The van der Waals surface area contributed by atoms with Crippen molar-refractivity contribution in [1.29, 1.82) is 0 Å². The van der Waals surface area contributed by atoms with Gasteiger partial charge in [-0.2, -0.15) is 0 Å². The van der Waals surface area contributed by atoms with Gasteiger partial charge >= 0.3 is 0 Å². The first-order valence-electron chi connectivity index (χ1n) is 24.9. The topological polar surface area (TPSA) is 316 Å². The van der Waals surface area contributed by atoms with E-state index in [0.29, 0.717) is 132 Å². The van der Waals surface area contributed by atoms with Crippen LogP contribution in [-0.2, 0) is 85.7 Å². The number of nitrogens with one attached hydrogen (secondary N) is 7. The van der Waals surface area contributed by atoms with Gasteiger partial charge in [0.15, 0.2) is 0 Å². The number of imide groups is 1. The molecule has 0 aromatic heterocycles. The van der Waals surface area contributed by atoms with Gasteiger partial charge in [0.1, 0.15) is 30.8 Å². The number of nitrogens with zero attached hydrogens (tertiary/aromatic N) is 1. The maximum absolute atomic E-state index is 13.4. The molecule has 73 heavy (non-hydrogen) atoms. The van der Waals surface area contributed by atoms with Gasteiger partial charge < -0.3 is 84.6 Å². The molecular weight excluding hydrogens is 965 g/mol. The van der Waals surface area contributed by atoms with E-state index in [1.807, 2.05) is 0 Å². The lowest BCUT2D eigenvalue weighted by molar-refractivity contribution is -0.137. The van der Waals surface area contributed by atoms with E-state index in [9.17, 15) is 38.4 Å². The van der Waals surface area contributed by atoms with Crippen molar-refractivity contribution in [2.45, 2.75) is 77.0 Å². The smallest absolute Gasteiger partial charge is 0.253 e. The second-order valence-electron chi connectivity index (χ2n) is 16.3. The molecule has 4 atom stereocenters. The quantitative estimate of drug-likeness (QED) is 0.0238. The summed E-state index contributed by atoms with van der Waals surface area (Å²) < 4.78 is 53.8. The van der Waals surface area contributed by atoms with Gasteiger partial charge in [-0.1, -0.05) is 0 Å². The van der Waals surface area contributed by atoms with E-state index in [4.69, 9.17) is 47.4 Å². The Morgan fingerprint density at radius 3 is 1.32 bits per heavy atom. The number of hydrogen-bond donors (Lipinski definition) is 7. The lowest BCUT2D eigenvalue weighted by atomic mass is 10.1. The van der Waals surface area contributed by atoms with E-state index in [2.05, 4.69) is 37.2 Å². The largest absolute Gasteiger partial charge is 0.382 e. The fourth-order valence-corrected chi connectivity index (χ4v) is 6.05. The van der Waals surface area contributed by atoms with Crippen molar-refractivity contribution in [2.75, 3.05) is 166 Å². The van der Waals surface area contributed by atoms with Gasteiger partial charge in [-0.3, -0.25) is 43.3 Å². The molecule has 1 aliphatic rings. The van der Waals surface area contributed by atoms with Gasteiger partial charge in [0.25, 0.3) is 11.8 Å². The van der Waals surface area contributed by atoms with Crippen LogP contribution in [0.25, 0.3) is 0 Å². The maximum atomic E-state index is 13.4. The summed E-state index contributed by atoms with van der Waals surface area (Å²) in [6, 6.07) is -4.12. The zero-order valence-electron chi connectivity index (χ0n) is 43.6. The van der Waals surface area contributed by atoms with Gasteiger partial charge in [-0.15, -0.1) is 0 Å². The first-order chi connectivity index (χ1) is 35.3. The number of amides is 8. The molecule has 0 spiro atoms. The third-order valence-corrected chi connectivity index (χ3v) is 10.2. The molecule has 0 saturated heterocycles. The van der Waals surface area contributed by atoms with E-state index in [-0.39, 0.29) is 58.1 Å². The molecule has 0 radical (unpaired) electrons. The molecule has 0 fully saturated rings. The Morgan fingerprint density at radius 2 is 0.877 bits per heavy atom. The summed E-state index contributed by atoms with van der Waals surface area (Å²) in [6.45, 7) is 13.1.